The fraction of sp³-hybridized carbons (Fsp3) is 0.0800. The molecule has 0 saturated heterocycles. The third-order valence-corrected chi connectivity index (χ3v) is 5.51. The number of halogens is 1. The van der Waals surface area contributed by atoms with Gasteiger partial charge in [-0.1, -0.05) is 60.1 Å². The first-order valence-corrected chi connectivity index (χ1v) is 10.5. The van der Waals surface area contributed by atoms with E-state index in [2.05, 4.69) is 22.4 Å². The summed E-state index contributed by atoms with van der Waals surface area (Å²) in [6.07, 6.45) is 4.40. The summed E-state index contributed by atoms with van der Waals surface area (Å²) in [5.74, 6) is 1.58. The van der Waals surface area contributed by atoms with Crippen molar-refractivity contribution < 1.29 is 0 Å². The lowest BCUT2D eigenvalue weighted by molar-refractivity contribution is 0.931. The van der Waals surface area contributed by atoms with Gasteiger partial charge in [0.2, 0.25) is 0 Å². The minimum Gasteiger partial charge on any atom is -0.370 e. The summed E-state index contributed by atoms with van der Waals surface area (Å²) in [5, 5.41) is 9.07. The van der Waals surface area contributed by atoms with Gasteiger partial charge in [0.15, 0.2) is 11.5 Å². The Bertz CT molecular complexity index is 1320. The van der Waals surface area contributed by atoms with Gasteiger partial charge in [0, 0.05) is 29.5 Å². The number of hydrogen-bond donors (Lipinski definition) is 1. The van der Waals surface area contributed by atoms with Gasteiger partial charge in [0.1, 0.15) is 5.82 Å². The second kappa shape index (κ2) is 8.58. The maximum absolute atomic E-state index is 6.32. The molecule has 0 bridgehead atoms. The van der Waals surface area contributed by atoms with Crippen LogP contribution in [0.5, 0.6) is 0 Å². The molecule has 3 aromatic heterocycles. The zero-order valence-corrected chi connectivity index (χ0v) is 17.5. The van der Waals surface area contributed by atoms with E-state index in [1.807, 2.05) is 71.2 Å². The molecule has 0 aliphatic carbocycles. The molecule has 5 nitrogen and oxygen atoms in total. The number of hydrogen-bond acceptors (Lipinski definition) is 4. The SMILES string of the molecule is Clc1ccccc1CCNc1cc(-c2ccncc2)cc2nc(-c3ccccc3)nn12. The van der Waals surface area contributed by atoms with Crippen molar-refractivity contribution in [3.8, 4) is 22.5 Å². The number of nitrogens with zero attached hydrogens (tertiary/aromatic N) is 4. The van der Waals surface area contributed by atoms with Gasteiger partial charge in [-0.3, -0.25) is 4.98 Å². The van der Waals surface area contributed by atoms with Crippen LogP contribution in [0.15, 0.2) is 91.3 Å². The Morgan fingerprint density at radius 1 is 0.806 bits per heavy atom. The highest BCUT2D eigenvalue weighted by Crippen LogP contribution is 2.26. The van der Waals surface area contributed by atoms with E-state index in [1.54, 1.807) is 12.4 Å². The molecular formula is C25H20ClN5. The summed E-state index contributed by atoms with van der Waals surface area (Å²) in [5.41, 5.74) is 5.02. The average Bonchev–Trinajstić information content (AvgIpc) is 3.26. The van der Waals surface area contributed by atoms with Crippen molar-refractivity contribution in [3.05, 3.63) is 102 Å². The first kappa shape index (κ1) is 19.3. The second-order valence-electron chi connectivity index (χ2n) is 7.20. The zero-order valence-electron chi connectivity index (χ0n) is 16.7. The largest absolute Gasteiger partial charge is 0.370 e. The summed E-state index contributed by atoms with van der Waals surface area (Å²) in [6.45, 7) is 0.721. The third-order valence-electron chi connectivity index (χ3n) is 5.14. The van der Waals surface area contributed by atoms with Crippen LogP contribution in [0.3, 0.4) is 0 Å². The Morgan fingerprint density at radius 3 is 2.39 bits per heavy atom. The van der Waals surface area contributed by atoms with Crippen LogP contribution < -0.4 is 5.32 Å². The highest BCUT2D eigenvalue weighted by atomic mass is 35.5. The number of rotatable bonds is 6. The summed E-state index contributed by atoms with van der Waals surface area (Å²) in [7, 11) is 0. The maximum atomic E-state index is 6.32. The summed E-state index contributed by atoms with van der Waals surface area (Å²) >= 11 is 6.32. The van der Waals surface area contributed by atoms with Gasteiger partial charge in [0.25, 0.3) is 0 Å². The van der Waals surface area contributed by atoms with Crippen LogP contribution in [-0.2, 0) is 6.42 Å². The fourth-order valence-corrected chi connectivity index (χ4v) is 3.79. The maximum Gasteiger partial charge on any atom is 0.182 e. The van der Waals surface area contributed by atoms with E-state index in [1.165, 1.54) is 0 Å². The van der Waals surface area contributed by atoms with E-state index in [-0.39, 0.29) is 0 Å². The van der Waals surface area contributed by atoms with Gasteiger partial charge in [-0.15, -0.1) is 5.10 Å². The van der Waals surface area contributed by atoms with Crippen molar-refractivity contribution >= 4 is 23.1 Å². The van der Waals surface area contributed by atoms with Crippen molar-refractivity contribution in [1.29, 1.82) is 0 Å². The fourth-order valence-electron chi connectivity index (χ4n) is 3.56. The Morgan fingerprint density at radius 2 is 1.58 bits per heavy atom. The molecule has 0 aliphatic rings. The molecule has 2 aromatic carbocycles. The first-order valence-electron chi connectivity index (χ1n) is 10.1. The summed E-state index contributed by atoms with van der Waals surface area (Å²) in [4.78, 5) is 8.91. The van der Waals surface area contributed by atoms with Gasteiger partial charge in [-0.05, 0) is 53.4 Å². The van der Waals surface area contributed by atoms with Gasteiger partial charge in [-0.25, -0.2) is 4.98 Å². The van der Waals surface area contributed by atoms with Crippen molar-refractivity contribution in [2.75, 3.05) is 11.9 Å². The molecule has 0 spiro atoms. The van der Waals surface area contributed by atoms with E-state index in [4.69, 9.17) is 21.7 Å². The normalized spacial score (nSPS) is 11.0. The monoisotopic (exact) mass is 425 g/mol. The molecule has 0 unspecified atom stereocenters. The van der Waals surface area contributed by atoms with Gasteiger partial charge in [0.05, 0.1) is 0 Å². The van der Waals surface area contributed by atoms with Crippen molar-refractivity contribution in [1.82, 2.24) is 19.6 Å². The van der Waals surface area contributed by atoms with Crippen molar-refractivity contribution in [3.63, 3.8) is 0 Å². The Labute approximate surface area is 185 Å². The van der Waals surface area contributed by atoms with Crippen molar-refractivity contribution in [2.45, 2.75) is 6.42 Å². The van der Waals surface area contributed by atoms with E-state index in [0.29, 0.717) is 5.82 Å². The minimum absolute atomic E-state index is 0.696. The molecule has 5 rings (SSSR count). The standard InChI is InChI=1S/C25H20ClN5/c26-22-9-5-4-6-19(22)12-15-28-23-16-21(18-10-13-27-14-11-18)17-24-29-25(30-31(23)24)20-7-2-1-3-8-20/h1-11,13-14,16-17,28H,12,15H2. The number of benzene rings is 2. The highest BCUT2D eigenvalue weighted by molar-refractivity contribution is 6.31. The number of anilines is 1. The van der Waals surface area contributed by atoms with Crippen LogP contribution in [0, 0.1) is 0 Å². The molecule has 0 amide bonds. The molecule has 1 N–H and O–H groups in total. The first-order chi connectivity index (χ1) is 15.3. The molecule has 5 aromatic rings. The molecule has 31 heavy (non-hydrogen) atoms. The van der Waals surface area contributed by atoms with Gasteiger partial charge >= 0.3 is 0 Å². The van der Waals surface area contributed by atoms with Crippen molar-refractivity contribution in [2.24, 2.45) is 0 Å². The Kier molecular flexibility index (Phi) is 5.33. The molecule has 152 valence electrons. The topological polar surface area (TPSA) is 55.1 Å². The van der Waals surface area contributed by atoms with E-state index in [0.717, 1.165) is 51.7 Å². The predicted molar refractivity (Wildman–Crippen MR) is 125 cm³/mol. The van der Waals surface area contributed by atoms with E-state index < -0.39 is 0 Å². The summed E-state index contributed by atoms with van der Waals surface area (Å²) in [6, 6.07) is 26.1. The van der Waals surface area contributed by atoms with Crippen LogP contribution in [0.2, 0.25) is 5.02 Å². The molecule has 0 fully saturated rings. The predicted octanol–water partition coefficient (Wildman–Crippen LogP) is 5.77. The lowest BCUT2D eigenvalue weighted by atomic mass is 10.1. The third kappa shape index (κ3) is 4.13. The quantitative estimate of drug-likeness (QED) is 0.375. The summed E-state index contributed by atoms with van der Waals surface area (Å²) < 4.78 is 1.86. The van der Waals surface area contributed by atoms with Gasteiger partial charge < -0.3 is 5.32 Å². The Balaban J connectivity index is 1.52. The molecule has 0 atom stereocenters. The van der Waals surface area contributed by atoms with Crippen LogP contribution in [-0.4, -0.2) is 26.1 Å². The highest BCUT2D eigenvalue weighted by Gasteiger charge is 2.12. The van der Waals surface area contributed by atoms with E-state index in [9.17, 15) is 0 Å². The van der Waals surface area contributed by atoms with Crippen LogP contribution >= 0.6 is 11.6 Å². The molecule has 6 heteroatoms. The molecule has 0 aliphatic heterocycles. The zero-order chi connectivity index (χ0) is 21.0. The minimum atomic E-state index is 0.696. The second-order valence-corrected chi connectivity index (χ2v) is 7.61. The molecule has 0 saturated carbocycles. The van der Waals surface area contributed by atoms with Crippen LogP contribution in [0.4, 0.5) is 5.82 Å². The Hall–Kier alpha value is -3.70. The smallest absolute Gasteiger partial charge is 0.182 e. The lowest BCUT2D eigenvalue weighted by Crippen LogP contribution is -2.09. The van der Waals surface area contributed by atoms with Gasteiger partial charge in [-0.2, -0.15) is 4.52 Å². The molecule has 0 radical (unpaired) electrons. The van der Waals surface area contributed by atoms with E-state index >= 15 is 0 Å². The van der Waals surface area contributed by atoms with Crippen LogP contribution in [0.25, 0.3) is 28.2 Å². The number of nitrogens with one attached hydrogen (secondary N) is 1. The molecular weight excluding hydrogens is 406 g/mol. The average molecular weight is 426 g/mol. The van der Waals surface area contributed by atoms with Crippen LogP contribution in [0.1, 0.15) is 5.56 Å². The molecule has 3 heterocycles. The lowest BCUT2D eigenvalue weighted by Gasteiger charge is -2.11. The number of aromatic nitrogens is 4. The number of fused-ring (bicyclic) bond motifs is 1. The number of pyridine rings is 2.